The number of rotatable bonds is 4. The largest absolute Gasteiger partial charge is 0.297 e. The van der Waals surface area contributed by atoms with Gasteiger partial charge >= 0.3 is 0 Å². The molecule has 0 spiro atoms. The first-order chi connectivity index (χ1) is 13.5. The highest BCUT2D eigenvalue weighted by molar-refractivity contribution is 9.10. The van der Waals surface area contributed by atoms with Gasteiger partial charge in [-0.15, -0.1) is 5.10 Å². The third-order valence-corrected chi connectivity index (χ3v) is 5.49. The van der Waals surface area contributed by atoms with Gasteiger partial charge in [0, 0.05) is 26.6 Å². The van der Waals surface area contributed by atoms with E-state index in [4.69, 9.17) is 11.6 Å². The second kappa shape index (κ2) is 7.78. The normalized spacial score (nSPS) is 10.8. The number of nitrogens with one attached hydrogen (secondary N) is 1. The Balaban J connectivity index is 1.57. The number of carbonyl (C=O) groups is 1. The molecule has 0 radical (unpaired) electrons. The molecule has 7 nitrogen and oxygen atoms in total. The average Bonchev–Trinajstić information content (AvgIpc) is 3.29. The molecule has 0 fully saturated rings. The lowest BCUT2D eigenvalue weighted by Gasteiger charge is -2.05. The fraction of sp³-hybridized carbons (Fsp3) is 0.0556. The summed E-state index contributed by atoms with van der Waals surface area (Å²) >= 11 is 10.4. The molecule has 1 N–H and O–H groups in total. The number of hydrogen-bond acceptors (Lipinski definition) is 6. The van der Waals surface area contributed by atoms with Gasteiger partial charge in [0.1, 0.15) is 0 Å². The fourth-order valence-electron chi connectivity index (χ4n) is 2.53. The van der Waals surface area contributed by atoms with Crippen LogP contribution in [0, 0.1) is 6.92 Å². The molecule has 4 aromatic rings. The lowest BCUT2D eigenvalue weighted by molar-refractivity contribution is 0.102. The van der Waals surface area contributed by atoms with Crippen molar-refractivity contribution >= 4 is 50.1 Å². The van der Waals surface area contributed by atoms with E-state index in [0.29, 0.717) is 27.2 Å². The monoisotopic (exact) mass is 474 g/mol. The van der Waals surface area contributed by atoms with Gasteiger partial charge in [-0.25, -0.2) is 4.68 Å². The molecule has 2 heterocycles. The molecule has 1 amide bonds. The average molecular weight is 476 g/mol. The Morgan fingerprint density at radius 1 is 1.18 bits per heavy atom. The summed E-state index contributed by atoms with van der Waals surface area (Å²) in [5.41, 5.74) is 2.70. The van der Waals surface area contributed by atoms with Crippen molar-refractivity contribution in [3.8, 4) is 17.2 Å². The summed E-state index contributed by atoms with van der Waals surface area (Å²) in [5.74, 6) is 0.125. The van der Waals surface area contributed by atoms with Crippen LogP contribution >= 0.6 is 39.1 Å². The van der Waals surface area contributed by atoms with Crippen molar-refractivity contribution in [1.29, 1.82) is 0 Å². The molecular formula is C18H12BrClN6OS. The summed E-state index contributed by atoms with van der Waals surface area (Å²) in [6, 6.07) is 14.3. The van der Waals surface area contributed by atoms with Crippen LogP contribution in [0.15, 0.2) is 53.0 Å². The van der Waals surface area contributed by atoms with Crippen molar-refractivity contribution in [2.24, 2.45) is 0 Å². The van der Waals surface area contributed by atoms with Crippen molar-refractivity contribution in [2.75, 3.05) is 5.32 Å². The van der Waals surface area contributed by atoms with E-state index < -0.39 is 0 Å². The second-order valence-electron chi connectivity index (χ2n) is 5.77. The number of anilines is 1. The number of aromatic nitrogens is 5. The van der Waals surface area contributed by atoms with Gasteiger partial charge in [-0.05, 0) is 59.3 Å². The van der Waals surface area contributed by atoms with Crippen LogP contribution in [-0.2, 0) is 0 Å². The maximum Gasteiger partial charge on any atom is 0.257 e. The molecule has 140 valence electrons. The van der Waals surface area contributed by atoms with Gasteiger partial charge in [0.25, 0.3) is 5.91 Å². The van der Waals surface area contributed by atoms with Gasteiger partial charge in [0.05, 0.1) is 11.4 Å². The summed E-state index contributed by atoms with van der Waals surface area (Å²) < 4.78 is 6.92. The van der Waals surface area contributed by atoms with E-state index in [9.17, 15) is 4.79 Å². The Labute approximate surface area is 177 Å². The summed E-state index contributed by atoms with van der Waals surface area (Å²) in [6.45, 7) is 1.89. The van der Waals surface area contributed by atoms with Gasteiger partial charge in [-0.2, -0.15) is 9.36 Å². The highest BCUT2D eigenvalue weighted by Crippen LogP contribution is 2.26. The van der Waals surface area contributed by atoms with E-state index in [1.54, 1.807) is 28.9 Å². The van der Waals surface area contributed by atoms with Crippen LogP contribution in [0.3, 0.4) is 0 Å². The van der Waals surface area contributed by atoms with E-state index in [1.165, 1.54) is 0 Å². The molecule has 28 heavy (non-hydrogen) atoms. The van der Waals surface area contributed by atoms with Gasteiger partial charge < -0.3 is 0 Å². The topological polar surface area (TPSA) is 85.6 Å². The van der Waals surface area contributed by atoms with Crippen LogP contribution in [0.1, 0.15) is 16.1 Å². The van der Waals surface area contributed by atoms with E-state index >= 15 is 0 Å². The summed E-state index contributed by atoms with van der Waals surface area (Å²) in [4.78, 5) is 16.7. The first-order valence-corrected chi connectivity index (χ1v) is 10.1. The molecule has 0 aliphatic rings. The Bertz CT molecular complexity index is 1160. The van der Waals surface area contributed by atoms with Crippen LogP contribution < -0.4 is 5.32 Å². The summed E-state index contributed by atoms with van der Waals surface area (Å²) in [7, 11) is 0. The van der Waals surface area contributed by atoms with E-state index in [2.05, 4.69) is 40.9 Å². The lowest BCUT2D eigenvalue weighted by Crippen LogP contribution is -2.11. The smallest absolute Gasteiger partial charge is 0.257 e. The number of para-hydroxylation sites is 1. The Kier molecular flexibility index (Phi) is 5.21. The second-order valence-corrected chi connectivity index (χ2v) is 7.81. The zero-order chi connectivity index (χ0) is 19.7. The minimum absolute atomic E-state index is 0.284. The number of carbonyl (C=O) groups excluding carboxylic acids is 1. The molecule has 0 aliphatic carbocycles. The molecular weight excluding hydrogens is 464 g/mol. The van der Waals surface area contributed by atoms with Crippen LogP contribution in [0.25, 0.3) is 17.2 Å². The van der Waals surface area contributed by atoms with Crippen molar-refractivity contribution < 1.29 is 4.79 Å². The quantitative estimate of drug-likeness (QED) is 0.460. The lowest BCUT2D eigenvalue weighted by atomic mass is 10.2. The third-order valence-electron chi connectivity index (χ3n) is 3.94. The molecule has 0 saturated carbocycles. The van der Waals surface area contributed by atoms with Crippen LogP contribution in [0.5, 0.6) is 0 Å². The molecule has 0 bridgehead atoms. The van der Waals surface area contributed by atoms with E-state index in [0.717, 1.165) is 27.4 Å². The Hall–Kier alpha value is -2.62. The van der Waals surface area contributed by atoms with Crippen LogP contribution in [-0.4, -0.2) is 30.3 Å². The molecule has 2 aromatic carbocycles. The standard InChI is InChI=1S/C18H12BrClN6OS/c1-10-15(23-25-26(10)14-5-3-2-4-13(14)19)16-21-18(28-24-16)22-17(27)11-6-8-12(20)9-7-11/h2-9H,1H3,(H,21,22,24,27). The molecule has 0 aliphatic heterocycles. The SMILES string of the molecule is Cc1c(-c2nsc(NC(=O)c3ccc(Cl)cc3)n2)nnn1-c1ccccc1Br. The van der Waals surface area contributed by atoms with E-state index in [1.807, 2.05) is 31.2 Å². The van der Waals surface area contributed by atoms with Crippen molar-refractivity contribution in [2.45, 2.75) is 6.92 Å². The minimum Gasteiger partial charge on any atom is -0.297 e. The van der Waals surface area contributed by atoms with Crippen LogP contribution in [0.2, 0.25) is 5.02 Å². The zero-order valence-corrected chi connectivity index (χ0v) is 17.6. The Morgan fingerprint density at radius 3 is 2.68 bits per heavy atom. The maximum absolute atomic E-state index is 12.3. The number of nitrogens with zero attached hydrogens (tertiary/aromatic N) is 5. The molecule has 4 rings (SSSR count). The fourth-order valence-corrected chi connectivity index (χ4v) is 3.67. The van der Waals surface area contributed by atoms with Crippen molar-refractivity contribution in [1.82, 2.24) is 24.4 Å². The number of halogens is 2. The predicted molar refractivity (Wildman–Crippen MR) is 112 cm³/mol. The molecule has 0 atom stereocenters. The van der Waals surface area contributed by atoms with Crippen molar-refractivity contribution in [3.05, 3.63) is 69.3 Å². The maximum atomic E-state index is 12.3. The molecule has 0 saturated heterocycles. The minimum atomic E-state index is -0.284. The van der Waals surface area contributed by atoms with Gasteiger partial charge in [-0.1, -0.05) is 28.9 Å². The summed E-state index contributed by atoms with van der Waals surface area (Å²) in [5, 5.41) is 12.1. The number of hydrogen-bond donors (Lipinski definition) is 1. The molecule has 0 unspecified atom stereocenters. The molecule has 10 heteroatoms. The Morgan fingerprint density at radius 2 is 1.93 bits per heavy atom. The third kappa shape index (κ3) is 3.68. The predicted octanol–water partition coefficient (Wildman–Crippen LogP) is 4.76. The highest BCUT2D eigenvalue weighted by Gasteiger charge is 2.18. The first kappa shape index (κ1) is 18.7. The van der Waals surface area contributed by atoms with Gasteiger partial charge in [0.15, 0.2) is 11.5 Å². The molecule has 2 aromatic heterocycles. The number of benzene rings is 2. The van der Waals surface area contributed by atoms with Crippen molar-refractivity contribution in [3.63, 3.8) is 0 Å². The first-order valence-electron chi connectivity index (χ1n) is 8.11. The van der Waals surface area contributed by atoms with Gasteiger partial charge in [0.2, 0.25) is 5.13 Å². The summed E-state index contributed by atoms with van der Waals surface area (Å²) in [6.07, 6.45) is 0. The van der Waals surface area contributed by atoms with Gasteiger partial charge in [-0.3, -0.25) is 10.1 Å². The highest BCUT2D eigenvalue weighted by atomic mass is 79.9. The zero-order valence-electron chi connectivity index (χ0n) is 14.4. The van der Waals surface area contributed by atoms with E-state index in [-0.39, 0.29) is 5.91 Å². The number of amides is 1. The van der Waals surface area contributed by atoms with Crippen LogP contribution in [0.4, 0.5) is 5.13 Å².